The van der Waals surface area contributed by atoms with E-state index in [2.05, 4.69) is 61.1 Å². The normalized spacial score (nSPS) is 10.9. The van der Waals surface area contributed by atoms with E-state index in [0.29, 0.717) is 0 Å². The summed E-state index contributed by atoms with van der Waals surface area (Å²) in [6.45, 7) is 23.6. The molecule has 4 nitrogen and oxygen atoms in total. The number of allylic oxidation sites excluding steroid dienone is 5. The molecule has 160 valence electrons. The Morgan fingerprint density at radius 1 is 0.889 bits per heavy atom. The van der Waals surface area contributed by atoms with Crippen LogP contribution in [0.4, 0.5) is 0 Å². The number of nitrogens with one attached hydrogen (secondary N) is 3. The maximum Gasteiger partial charge on any atom is 0.0575 e. The van der Waals surface area contributed by atoms with Crippen LogP contribution in [0.3, 0.4) is 0 Å². The number of hydrogen-bond donors (Lipinski definition) is 3. The second-order valence-electron chi connectivity index (χ2n) is 5.01. The zero-order valence-corrected chi connectivity index (χ0v) is 20.1. The Bertz CT molecular complexity index is 430. The standard InChI is InChI=1S/C17H30N4.3C2H6/c1-8-16(20-11-12-21(6)7)17(19-5)13-14(2)9-10-15(3)18-4;3*1-2/h8-10,13,18-20H,1,3,11-12H2,2,4-7H3;3*1-2H3/b10-9+,14-13+,17-16-;;;. The van der Waals surface area contributed by atoms with Crippen LogP contribution in [0.15, 0.2) is 60.1 Å². The van der Waals surface area contributed by atoms with Crippen LogP contribution >= 0.6 is 0 Å². The minimum atomic E-state index is 0.874. The molecule has 0 amide bonds. The van der Waals surface area contributed by atoms with Crippen molar-refractivity contribution < 1.29 is 0 Å². The predicted molar refractivity (Wildman–Crippen MR) is 128 cm³/mol. The Kier molecular flexibility index (Phi) is 31.8. The highest BCUT2D eigenvalue weighted by molar-refractivity contribution is 5.36. The van der Waals surface area contributed by atoms with Crippen LogP contribution in [0.1, 0.15) is 48.5 Å². The van der Waals surface area contributed by atoms with Crippen LogP contribution in [-0.2, 0) is 0 Å². The first kappa shape index (κ1) is 32.7. The molecule has 0 heterocycles. The maximum atomic E-state index is 3.88. The van der Waals surface area contributed by atoms with Crippen molar-refractivity contribution in [2.45, 2.75) is 48.5 Å². The molecular formula is C23H48N4. The molecule has 0 aromatic rings. The van der Waals surface area contributed by atoms with E-state index in [0.717, 1.165) is 35.8 Å². The van der Waals surface area contributed by atoms with Crippen LogP contribution in [0.2, 0.25) is 0 Å². The van der Waals surface area contributed by atoms with E-state index in [1.165, 1.54) is 0 Å². The summed E-state index contributed by atoms with van der Waals surface area (Å²) in [5.74, 6) is 0. The summed E-state index contributed by atoms with van der Waals surface area (Å²) >= 11 is 0. The fraction of sp³-hybridized carbons (Fsp3) is 0.565. The van der Waals surface area contributed by atoms with E-state index < -0.39 is 0 Å². The van der Waals surface area contributed by atoms with Crippen molar-refractivity contribution in [2.24, 2.45) is 0 Å². The lowest BCUT2D eigenvalue weighted by Crippen LogP contribution is -2.27. The fourth-order valence-corrected chi connectivity index (χ4v) is 1.57. The van der Waals surface area contributed by atoms with Crippen molar-refractivity contribution >= 4 is 0 Å². The number of likely N-dealkylation sites (N-methyl/N-ethyl adjacent to an activating group) is 3. The SMILES string of the molecule is C=C\C(NCCN(C)C)=C(/C=C(C)/C=C/C(=C)NC)NC.CC.CC.CC. The predicted octanol–water partition coefficient (Wildman–Crippen LogP) is 5.07. The van der Waals surface area contributed by atoms with Gasteiger partial charge in [0, 0.05) is 32.9 Å². The molecule has 0 fully saturated rings. The molecule has 0 aliphatic carbocycles. The van der Waals surface area contributed by atoms with Crippen LogP contribution in [0, 0.1) is 0 Å². The molecule has 0 atom stereocenters. The lowest BCUT2D eigenvalue weighted by atomic mass is 10.2. The van der Waals surface area contributed by atoms with Gasteiger partial charge in [-0.3, -0.25) is 0 Å². The van der Waals surface area contributed by atoms with Crippen molar-refractivity contribution in [2.75, 3.05) is 41.3 Å². The Morgan fingerprint density at radius 2 is 1.41 bits per heavy atom. The van der Waals surface area contributed by atoms with Gasteiger partial charge in [-0.05, 0) is 44.8 Å². The second kappa shape index (κ2) is 26.3. The van der Waals surface area contributed by atoms with Crippen LogP contribution in [0.25, 0.3) is 0 Å². The molecule has 0 unspecified atom stereocenters. The monoisotopic (exact) mass is 380 g/mol. The zero-order chi connectivity index (χ0) is 22.3. The second-order valence-corrected chi connectivity index (χ2v) is 5.01. The summed E-state index contributed by atoms with van der Waals surface area (Å²) in [6, 6.07) is 0. The van der Waals surface area contributed by atoms with Crippen molar-refractivity contribution in [3.63, 3.8) is 0 Å². The highest BCUT2D eigenvalue weighted by atomic mass is 15.1. The van der Waals surface area contributed by atoms with Gasteiger partial charge >= 0.3 is 0 Å². The maximum absolute atomic E-state index is 3.88. The summed E-state index contributed by atoms with van der Waals surface area (Å²) in [7, 11) is 7.88. The van der Waals surface area contributed by atoms with Gasteiger partial charge in [0.05, 0.1) is 11.4 Å². The highest BCUT2D eigenvalue weighted by Gasteiger charge is 2.00. The Hall–Kier alpha value is -1.94. The highest BCUT2D eigenvalue weighted by Crippen LogP contribution is 2.06. The molecule has 0 radical (unpaired) electrons. The molecule has 0 aliphatic heterocycles. The van der Waals surface area contributed by atoms with Gasteiger partial charge in [-0.25, -0.2) is 0 Å². The lowest BCUT2D eigenvalue weighted by Gasteiger charge is -2.15. The molecule has 27 heavy (non-hydrogen) atoms. The molecule has 0 aromatic heterocycles. The van der Waals surface area contributed by atoms with E-state index >= 15 is 0 Å². The average molecular weight is 381 g/mol. The van der Waals surface area contributed by atoms with Gasteiger partial charge in [0.15, 0.2) is 0 Å². The van der Waals surface area contributed by atoms with Crippen molar-refractivity contribution in [3.8, 4) is 0 Å². The number of nitrogens with zero attached hydrogens (tertiary/aromatic N) is 1. The summed E-state index contributed by atoms with van der Waals surface area (Å²) in [4.78, 5) is 2.14. The quantitative estimate of drug-likeness (QED) is 0.463. The third-order valence-corrected chi connectivity index (χ3v) is 2.88. The largest absolute Gasteiger partial charge is 0.389 e. The van der Waals surface area contributed by atoms with E-state index in [-0.39, 0.29) is 0 Å². The first-order valence-electron chi connectivity index (χ1n) is 10.1. The van der Waals surface area contributed by atoms with E-state index in [9.17, 15) is 0 Å². The molecule has 0 saturated carbocycles. The molecule has 0 aliphatic rings. The van der Waals surface area contributed by atoms with Gasteiger partial charge in [-0.15, -0.1) is 0 Å². The Balaban J connectivity index is -0.000000397. The van der Waals surface area contributed by atoms with Crippen molar-refractivity contribution in [1.29, 1.82) is 0 Å². The molecule has 0 rings (SSSR count). The summed E-state index contributed by atoms with van der Waals surface area (Å²) in [6.07, 6.45) is 7.89. The average Bonchev–Trinajstić information content (AvgIpc) is 2.72. The van der Waals surface area contributed by atoms with Gasteiger partial charge in [0.25, 0.3) is 0 Å². The van der Waals surface area contributed by atoms with Crippen LogP contribution in [-0.4, -0.2) is 46.2 Å². The summed E-state index contributed by atoms with van der Waals surface area (Å²) in [5, 5.41) is 9.59. The first-order valence-corrected chi connectivity index (χ1v) is 10.1. The van der Waals surface area contributed by atoms with Crippen LogP contribution in [0.5, 0.6) is 0 Å². The lowest BCUT2D eigenvalue weighted by molar-refractivity contribution is 0.408. The van der Waals surface area contributed by atoms with Gasteiger partial charge < -0.3 is 20.9 Å². The third kappa shape index (κ3) is 22.0. The number of hydrogen-bond acceptors (Lipinski definition) is 4. The topological polar surface area (TPSA) is 39.3 Å². The van der Waals surface area contributed by atoms with Crippen molar-refractivity contribution in [3.05, 3.63) is 60.1 Å². The minimum Gasteiger partial charge on any atom is -0.389 e. The van der Waals surface area contributed by atoms with Gasteiger partial charge in [-0.1, -0.05) is 60.8 Å². The smallest absolute Gasteiger partial charge is 0.0575 e. The van der Waals surface area contributed by atoms with Gasteiger partial charge in [0.2, 0.25) is 0 Å². The number of rotatable bonds is 10. The third-order valence-electron chi connectivity index (χ3n) is 2.88. The van der Waals surface area contributed by atoms with E-state index in [4.69, 9.17) is 0 Å². The molecule has 4 heteroatoms. The molecule has 3 N–H and O–H groups in total. The first-order chi connectivity index (χ1) is 12.9. The molecule has 0 bridgehead atoms. The molecule has 0 spiro atoms. The molecule has 0 saturated heterocycles. The Labute approximate surface area is 171 Å². The van der Waals surface area contributed by atoms with Gasteiger partial charge in [0.1, 0.15) is 0 Å². The fourth-order valence-electron chi connectivity index (χ4n) is 1.57. The van der Waals surface area contributed by atoms with E-state index in [1.54, 1.807) is 0 Å². The summed E-state index contributed by atoms with van der Waals surface area (Å²) in [5.41, 5.74) is 4.02. The molecular weight excluding hydrogens is 332 g/mol. The van der Waals surface area contributed by atoms with Crippen LogP contribution < -0.4 is 16.0 Å². The Morgan fingerprint density at radius 3 is 1.78 bits per heavy atom. The minimum absolute atomic E-state index is 0.874. The van der Waals surface area contributed by atoms with Gasteiger partial charge in [-0.2, -0.15) is 0 Å². The zero-order valence-electron chi connectivity index (χ0n) is 20.1. The molecule has 0 aromatic carbocycles. The van der Waals surface area contributed by atoms with Crippen molar-refractivity contribution in [1.82, 2.24) is 20.9 Å². The summed E-state index contributed by atoms with van der Waals surface area (Å²) < 4.78 is 0. The van der Waals surface area contributed by atoms with E-state index in [1.807, 2.05) is 73.9 Å².